The van der Waals surface area contributed by atoms with E-state index in [-0.39, 0.29) is 5.97 Å². The SMILES string of the molecule is CCOC(=O)C1=CC=CCC=C1. The van der Waals surface area contributed by atoms with Crippen molar-refractivity contribution in [3.05, 3.63) is 36.0 Å². The third-order valence-corrected chi connectivity index (χ3v) is 1.49. The molecule has 0 N–H and O–H groups in total. The summed E-state index contributed by atoms with van der Waals surface area (Å²) in [4.78, 5) is 11.2. The van der Waals surface area contributed by atoms with Crippen molar-refractivity contribution in [3.8, 4) is 0 Å². The van der Waals surface area contributed by atoms with Crippen molar-refractivity contribution in [2.45, 2.75) is 13.3 Å². The zero-order valence-electron chi connectivity index (χ0n) is 7.12. The van der Waals surface area contributed by atoms with Crippen LogP contribution in [-0.4, -0.2) is 12.6 Å². The molecule has 0 atom stereocenters. The first kappa shape index (κ1) is 8.78. The highest BCUT2D eigenvalue weighted by atomic mass is 16.5. The number of rotatable bonds is 2. The molecule has 0 saturated heterocycles. The number of carbonyl (C=O) groups is 1. The Morgan fingerprint density at radius 2 is 2.42 bits per heavy atom. The van der Waals surface area contributed by atoms with Gasteiger partial charge in [-0.3, -0.25) is 0 Å². The molecule has 0 aromatic rings. The lowest BCUT2D eigenvalue weighted by atomic mass is 10.2. The second-order valence-electron chi connectivity index (χ2n) is 2.41. The molecule has 0 amide bonds. The lowest BCUT2D eigenvalue weighted by Gasteiger charge is -1.99. The summed E-state index contributed by atoms with van der Waals surface area (Å²) in [6.07, 6.45) is 10.2. The first-order valence-corrected chi connectivity index (χ1v) is 4.05. The fraction of sp³-hybridized carbons (Fsp3) is 0.300. The van der Waals surface area contributed by atoms with Crippen molar-refractivity contribution in [3.63, 3.8) is 0 Å². The third kappa shape index (κ3) is 2.38. The van der Waals surface area contributed by atoms with Gasteiger partial charge in [-0.25, -0.2) is 4.79 Å². The highest BCUT2D eigenvalue weighted by Crippen LogP contribution is 2.06. The summed E-state index contributed by atoms with van der Waals surface area (Å²) in [5.41, 5.74) is 0.616. The van der Waals surface area contributed by atoms with Gasteiger partial charge in [0, 0.05) is 0 Å². The van der Waals surface area contributed by atoms with Gasteiger partial charge in [-0.2, -0.15) is 0 Å². The number of esters is 1. The molecule has 1 aliphatic carbocycles. The lowest BCUT2D eigenvalue weighted by Crippen LogP contribution is -2.05. The Morgan fingerprint density at radius 1 is 1.58 bits per heavy atom. The maximum Gasteiger partial charge on any atom is 0.338 e. The molecule has 2 nitrogen and oxygen atoms in total. The quantitative estimate of drug-likeness (QED) is 0.583. The topological polar surface area (TPSA) is 26.3 Å². The molecule has 0 aromatic heterocycles. The minimum absolute atomic E-state index is 0.250. The van der Waals surface area contributed by atoms with Crippen molar-refractivity contribution in [1.29, 1.82) is 0 Å². The van der Waals surface area contributed by atoms with E-state index in [1.54, 1.807) is 19.1 Å². The van der Waals surface area contributed by atoms with Crippen LogP contribution in [0.25, 0.3) is 0 Å². The van der Waals surface area contributed by atoms with Crippen molar-refractivity contribution in [2.75, 3.05) is 6.61 Å². The molecule has 2 heteroatoms. The highest BCUT2D eigenvalue weighted by molar-refractivity contribution is 5.92. The molecule has 0 radical (unpaired) electrons. The highest BCUT2D eigenvalue weighted by Gasteiger charge is 2.05. The first-order valence-electron chi connectivity index (χ1n) is 4.05. The molecule has 1 aliphatic rings. The van der Waals surface area contributed by atoms with E-state index >= 15 is 0 Å². The van der Waals surface area contributed by atoms with Crippen molar-refractivity contribution in [2.24, 2.45) is 0 Å². The van der Waals surface area contributed by atoms with Gasteiger partial charge in [0.1, 0.15) is 0 Å². The zero-order chi connectivity index (χ0) is 8.81. The molecule has 12 heavy (non-hydrogen) atoms. The summed E-state index contributed by atoms with van der Waals surface area (Å²) in [6.45, 7) is 2.22. The number of hydrogen-bond donors (Lipinski definition) is 0. The molecule has 1 rings (SSSR count). The van der Waals surface area contributed by atoms with Gasteiger partial charge in [-0.1, -0.05) is 24.3 Å². The van der Waals surface area contributed by atoms with Crippen LogP contribution in [0, 0.1) is 0 Å². The summed E-state index contributed by atoms with van der Waals surface area (Å²) in [5.74, 6) is -0.250. The van der Waals surface area contributed by atoms with Crippen LogP contribution in [0.5, 0.6) is 0 Å². The zero-order valence-corrected chi connectivity index (χ0v) is 7.12. The van der Waals surface area contributed by atoms with E-state index in [4.69, 9.17) is 4.74 Å². The molecule has 0 bridgehead atoms. The number of ether oxygens (including phenoxy) is 1. The average Bonchev–Trinajstić information content (AvgIpc) is 2.32. The van der Waals surface area contributed by atoms with E-state index in [1.165, 1.54) is 0 Å². The van der Waals surface area contributed by atoms with Crippen LogP contribution in [-0.2, 0) is 9.53 Å². The van der Waals surface area contributed by atoms with E-state index in [2.05, 4.69) is 0 Å². The van der Waals surface area contributed by atoms with Gasteiger partial charge in [0.05, 0.1) is 12.2 Å². The predicted octanol–water partition coefficient (Wildman–Crippen LogP) is 1.99. The van der Waals surface area contributed by atoms with Crippen LogP contribution in [0.4, 0.5) is 0 Å². The Labute approximate surface area is 72.2 Å². The monoisotopic (exact) mass is 164 g/mol. The van der Waals surface area contributed by atoms with Gasteiger partial charge in [-0.05, 0) is 19.4 Å². The molecule has 0 fully saturated rings. The Hall–Kier alpha value is -1.31. The molecule has 0 aromatic carbocycles. The normalized spacial score (nSPS) is 15.2. The van der Waals surface area contributed by atoms with Gasteiger partial charge >= 0.3 is 5.97 Å². The van der Waals surface area contributed by atoms with E-state index in [9.17, 15) is 4.79 Å². The molecule has 64 valence electrons. The second-order valence-corrected chi connectivity index (χ2v) is 2.41. The molecule has 0 aliphatic heterocycles. The van der Waals surface area contributed by atoms with Crippen LogP contribution in [0.2, 0.25) is 0 Å². The fourth-order valence-electron chi connectivity index (χ4n) is 0.930. The maximum atomic E-state index is 11.2. The van der Waals surface area contributed by atoms with Crippen LogP contribution in [0.3, 0.4) is 0 Å². The Bertz CT molecular complexity index is 247. The largest absolute Gasteiger partial charge is 0.462 e. The second kappa shape index (κ2) is 4.54. The molecule has 0 spiro atoms. The van der Waals surface area contributed by atoms with Crippen LogP contribution in [0.15, 0.2) is 36.0 Å². The third-order valence-electron chi connectivity index (χ3n) is 1.49. The summed E-state index contributed by atoms with van der Waals surface area (Å²) in [7, 11) is 0. The van der Waals surface area contributed by atoms with Crippen molar-refractivity contribution < 1.29 is 9.53 Å². The summed E-state index contributed by atoms with van der Waals surface area (Å²) >= 11 is 0. The smallest absolute Gasteiger partial charge is 0.338 e. The summed E-state index contributed by atoms with van der Waals surface area (Å²) in [6, 6.07) is 0. The Morgan fingerprint density at radius 3 is 3.17 bits per heavy atom. The minimum Gasteiger partial charge on any atom is -0.462 e. The van der Waals surface area contributed by atoms with E-state index in [1.807, 2.05) is 18.2 Å². The lowest BCUT2D eigenvalue weighted by molar-refractivity contribution is -0.138. The van der Waals surface area contributed by atoms with Crippen molar-refractivity contribution >= 4 is 5.97 Å². The van der Waals surface area contributed by atoms with E-state index < -0.39 is 0 Å². The molecular formula is C10H12O2. The van der Waals surface area contributed by atoms with Gasteiger partial charge in [0.15, 0.2) is 0 Å². The molecule has 0 saturated carbocycles. The standard InChI is InChI=1S/C10H12O2/c1-2-12-10(11)9-7-5-3-4-6-8-9/h3,5-8H,2,4H2,1H3. The van der Waals surface area contributed by atoms with Gasteiger partial charge in [-0.15, -0.1) is 0 Å². The van der Waals surface area contributed by atoms with Gasteiger partial charge < -0.3 is 4.74 Å². The minimum atomic E-state index is -0.250. The van der Waals surface area contributed by atoms with Crippen LogP contribution < -0.4 is 0 Å². The number of allylic oxidation sites excluding steroid dienone is 4. The van der Waals surface area contributed by atoms with E-state index in [0.717, 1.165) is 6.42 Å². The summed E-state index contributed by atoms with van der Waals surface area (Å²) < 4.78 is 4.84. The van der Waals surface area contributed by atoms with Crippen LogP contribution >= 0.6 is 0 Å². The van der Waals surface area contributed by atoms with Gasteiger partial charge in [0.2, 0.25) is 0 Å². The number of hydrogen-bond acceptors (Lipinski definition) is 2. The number of carbonyl (C=O) groups excluding carboxylic acids is 1. The van der Waals surface area contributed by atoms with Gasteiger partial charge in [0.25, 0.3) is 0 Å². The molecule has 0 heterocycles. The average molecular weight is 164 g/mol. The Kier molecular flexibility index (Phi) is 3.33. The predicted molar refractivity (Wildman–Crippen MR) is 47.6 cm³/mol. The molecule has 0 unspecified atom stereocenters. The maximum absolute atomic E-state index is 11.2. The Balaban J connectivity index is 2.66. The van der Waals surface area contributed by atoms with E-state index in [0.29, 0.717) is 12.2 Å². The first-order chi connectivity index (χ1) is 5.84. The summed E-state index contributed by atoms with van der Waals surface area (Å²) in [5, 5.41) is 0. The van der Waals surface area contributed by atoms with Crippen LogP contribution in [0.1, 0.15) is 13.3 Å². The molecular weight excluding hydrogens is 152 g/mol. The fourth-order valence-corrected chi connectivity index (χ4v) is 0.930. The van der Waals surface area contributed by atoms with Crippen molar-refractivity contribution in [1.82, 2.24) is 0 Å².